The fourth-order valence-electron chi connectivity index (χ4n) is 1.66. The summed E-state index contributed by atoms with van der Waals surface area (Å²) in [5, 5.41) is 4.04. The monoisotopic (exact) mass is 230 g/mol. The Balaban J connectivity index is 1.98. The molecule has 0 fully saturated rings. The van der Waals surface area contributed by atoms with Gasteiger partial charge in [-0.2, -0.15) is 5.10 Å². The van der Waals surface area contributed by atoms with E-state index in [-0.39, 0.29) is 5.78 Å². The van der Waals surface area contributed by atoms with Crippen molar-refractivity contribution in [1.82, 2.24) is 19.7 Å². The highest BCUT2D eigenvalue weighted by Crippen LogP contribution is 2.02. The van der Waals surface area contributed by atoms with E-state index in [0.29, 0.717) is 12.8 Å². The predicted molar refractivity (Wildman–Crippen MR) is 62.3 cm³/mol. The van der Waals surface area contributed by atoms with Crippen LogP contribution in [0.2, 0.25) is 0 Å². The molecule has 2 aromatic rings. The molecule has 0 atom stereocenters. The van der Waals surface area contributed by atoms with Crippen LogP contribution in [-0.2, 0) is 24.2 Å². The van der Waals surface area contributed by atoms with E-state index >= 15 is 0 Å². The van der Waals surface area contributed by atoms with Crippen molar-refractivity contribution in [2.75, 3.05) is 0 Å². The summed E-state index contributed by atoms with van der Waals surface area (Å²) in [4.78, 5) is 19.9. The fourth-order valence-corrected chi connectivity index (χ4v) is 1.66. The van der Waals surface area contributed by atoms with Crippen LogP contribution in [0.3, 0.4) is 0 Å². The lowest BCUT2D eigenvalue weighted by Crippen LogP contribution is -2.12. The van der Waals surface area contributed by atoms with Gasteiger partial charge in [-0.3, -0.25) is 9.78 Å². The van der Waals surface area contributed by atoms with Crippen molar-refractivity contribution in [3.63, 3.8) is 0 Å². The standard InChI is InChI=1S/C12H14N4O/c1-2-16-12(14-9-15-16)8-11(17)7-10-3-5-13-6-4-10/h3-6,9H,2,7-8H2,1H3. The molecule has 0 amide bonds. The second-order valence-corrected chi connectivity index (χ2v) is 3.74. The first-order valence-corrected chi connectivity index (χ1v) is 5.57. The van der Waals surface area contributed by atoms with Crippen molar-refractivity contribution in [2.24, 2.45) is 0 Å². The Hall–Kier alpha value is -2.04. The highest BCUT2D eigenvalue weighted by Gasteiger charge is 2.09. The number of carbonyl (C=O) groups is 1. The number of rotatable bonds is 5. The van der Waals surface area contributed by atoms with E-state index in [0.717, 1.165) is 17.9 Å². The number of aromatic nitrogens is 4. The summed E-state index contributed by atoms with van der Waals surface area (Å²) in [6.45, 7) is 2.71. The van der Waals surface area contributed by atoms with Crippen LogP contribution in [0.15, 0.2) is 30.9 Å². The lowest BCUT2D eigenvalue weighted by Gasteiger charge is -2.02. The average molecular weight is 230 g/mol. The number of ketones is 1. The van der Waals surface area contributed by atoms with E-state index in [1.54, 1.807) is 17.1 Å². The van der Waals surface area contributed by atoms with Gasteiger partial charge in [0.2, 0.25) is 0 Å². The van der Waals surface area contributed by atoms with Gasteiger partial charge in [0.25, 0.3) is 0 Å². The number of pyridine rings is 1. The van der Waals surface area contributed by atoms with E-state index in [1.807, 2.05) is 19.1 Å². The van der Waals surface area contributed by atoms with Crippen LogP contribution in [0, 0.1) is 0 Å². The molecule has 5 nitrogen and oxygen atoms in total. The SMILES string of the molecule is CCn1ncnc1CC(=O)Cc1ccncc1. The maximum Gasteiger partial charge on any atom is 0.144 e. The lowest BCUT2D eigenvalue weighted by molar-refractivity contribution is -0.117. The van der Waals surface area contributed by atoms with Crippen LogP contribution >= 0.6 is 0 Å². The molecule has 88 valence electrons. The van der Waals surface area contributed by atoms with Gasteiger partial charge in [0, 0.05) is 25.4 Å². The van der Waals surface area contributed by atoms with Crippen molar-refractivity contribution in [1.29, 1.82) is 0 Å². The molecule has 0 radical (unpaired) electrons. The zero-order valence-electron chi connectivity index (χ0n) is 9.71. The van der Waals surface area contributed by atoms with Crippen molar-refractivity contribution < 1.29 is 4.79 Å². The number of aryl methyl sites for hydroxylation is 1. The highest BCUT2D eigenvalue weighted by molar-refractivity contribution is 5.82. The normalized spacial score (nSPS) is 10.4. The minimum Gasteiger partial charge on any atom is -0.299 e. The Morgan fingerprint density at radius 1 is 1.29 bits per heavy atom. The van der Waals surface area contributed by atoms with E-state index in [4.69, 9.17) is 0 Å². The van der Waals surface area contributed by atoms with Gasteiger partial charge < -0.3 is 0 Å². The largest absolute Gasteiger partial charge is 0.299 e. The molecule has 17 heavy (non-hydrogen) atoms. The summed E-state index contributed by atoms with van der Waals surface area (Å²) in [6, 6.07) is 3.70. The van der Waals surface area contributed by atoms with Crippen LogP contribution in [-0.4, -0.2) is 25.5 Å². The molecule has 0 saturated carbocycles. The van der Waals surface area contributed by atoms with Gasteiger partial charge in [-0.05, 0) is 24.6 Å². The Labute approximate surface area is 99.5 Å². The van der Waals surface area contributed by atoms with Gasteiger partial charge in [0.15, 0.2) is 0 Å². The Bertz CT molecular complexity index is 492. The van der Waals surface area contributed by atoms with E-state index < -0.39 is 0 Å². The Morgan fingerprint density at radius 3 is 2.76 bits per heavy atom. The van der Waals surface area contributed by atoms with Gasteiger partial charge in [-0.25, -0.2) is 9.67 Å². The fraction of sp³-hybridized carbons (Fsp3) is 0.333. The molecule has 0 spiro atoms. The molecule has 2 heterocycles. The summed E-state index contributed by atoms with van der Waals surface area (Å²) in [7, 11) is 0. The number of Topliss-reactive ketones (excluding diaryl/α,β-unsaturated/α-hetero) is 1. The van der Waals surface area contributed by atoms with Gasteiger partial charge in [0.05, 0.1) is 6.42 Å². The molecular formula is C12H14N4O. The number of hydrogen-bond acceptors (Lipinski definition) is 4. The van der Waals surface area contributed by atoms with Gasteiger partial charge in [-0.1, -0.05) is 0 Å². The zero-order chi connectivity index (χ0) is 12.1. The van der Waals surface area contributed by atoms with Gasteiger partial charge in [-0.15, -0.1) is 0 Å². The highest BCUT2D eigenvalue weighted by atomic mass is 16.1. The lowest BCUT2D eigenvalue weighted by atomic mass is 10.1. The van der Waals surface area contributed by atoms with E-state index in [1.165, 1.54) is 6.33 Å². The minimum absolute atomic E-state index is 0.138. The molecule has 0 aliphatic carbocycles. The molecule has 0 aromatic carbocycles. The second kappa shape index (κ2) is 5.34. The smallest absolute Gasteiger partial charge is 0.144 e. The van der Waals surface area contributed by atoms with Crippen molar-refractivity contribution in [2.45, 2.75) is 26.3 Å². The average Bonchev–Trinajstić information content (AvgIpc) is 2.77. The van der Waals surface area contributed by atoms with E-state index in [9.17, 15) is 4.79 Å². The first-order chi connectivity index (χ1) is 8.29. The summed E-state index contributed by atoms with van der Waals surface area (Å²) in [6.07, 6.45) is 5.61. The van der Waals surface area contributed by atoms with E-state index in [2.05, 4.69) is 15.1 Å². The third-order valence-electron chi connectivity index (χ3n) is 2.50. The molecule has 0 aliphatic rings. The van der Waals surface area contributed by atoms with Crippen LogP contribution in [0.4, 0.5) is 0 Å². The summed E-state index contributed by atoms with van der Waals surface area (Å²) >= 11 is 0. The predicted octanol–water partition coefficient (Wildman–Crippen LogP) is 1.05. The Kier molecular flexibility index (Phi) is 3.59. The molecule has 2 rings (SSSR count). The summed E-state index contributed by atoms with van der Waals surface area (Å²) in [5.74, 6) is 0.866. The Morgan fingerprint density at radius 2 is 2.06 bits per heavy atom. The number of hydrogen-bond donors (Lipinski definition) is 0. The molecule has 0 N–H and O–H groups in total. The first kappa shape index (κ1) is 11.4. The maximum atomic E-state index is 11.8. The van der Waals surface area contributed by atoms with Gasteiger partial charge >= 0.3 is 0 Å². The van der Waals surface area contributed by atoms with Crippen LogP contribution in [0.5, 0.6) is 0 Å². The minimum atomic E-state index is 0.138. The number of nitrogens with zero attached hydrogens (tertiary/aromatic N) is 4. The summed E-state index contributed by atoms with van der Waals surface area (Å²) in [5.41, 5.74) is 0.979. The quantitative estimate of drug-likeness (QED) is 0.770. The zero-order valence-corrected chi connectivity index (χ0v) is 9.71. The molecule has 0 unspecified atom stereocenters. The van der Waals surface area contributed by atoms with Crippen molar-refractivity contribution in [3.05, 3.63) is 42.2 Å². The molecule has 0 bridgehead atoms. The summed E-state index contributed by atoms with van der Waals surface area (Å²) < 4.78 is 1.74. The van der Waals surface area contributed by atoms with Gasteiger partial charge in [0.1, 0.15) is 17.9 Å². The van der Waals surface area contributed by atoms with Crippen molar-refractivity contribution >= 4 is 5.78 Å². The molecule has 5 heteroatoms. The van der Waals surface area contributed by atoms with Crippen LogP contribution < -0.4 is 0 Å². The third kappa shape index (κ3) is 2.96. The maximum absolute atomic E-state index is 11.8. The molecule has 0 saturated heterocycles. The molecular weight excluding hydrogens is 216 g/mol. The van der Waals surface area contributed by atoms with Crippen LogP contribution in [0.1, 0.15) is 18.3 Å². The first-order valence-electron chi connectivity index (χ1n) is 5.57. The molecule has 0 aliphatic heterocycles. The van der Waals surface area contributed by atoms with Crippen molar-refractivity contribution in [3.8, 4) is 0 Å². The second-order valence-electron chi connectivity index (χ2n) is 3.74. The number of carbonyl (C=O) groups excluding carboxylic acids is 1. The van der Waals surface area contributed by atoms with Crippen LogP contribution in [0.25, 0.3) is 0 Å². The molecule has 2 aromatic heterocycles. The topological polar surface area (TPSA) is 60.7 Å². The third-order valence-corrected chi connectivity index (χ3v) is 2.50.